The van der Waals surface area contributed by atoms with Gasteiger partial charge in [0.2, 0.25) is 0 Å². The summed E-state index contributed by atoms with van der Waals surface area (Å²) in [7, 11) is 1.55. The van der Waals surface area contributed by atoms with Crippen molar-refractivity contribution in [3.8, 4) is 5.75 Å². The number of carbonyl (C=O) groups excluding carboxylic acids is 2. The lowest BCUT2D eigenvalue weighted by molar-refractivity contribution is -0.113. The van der Waals surface area contributed by atoms with Crippen molar-refractivity contribution >= 4 is 39.8 Å². The van der Waals surface area contributed by atoms with E-state index in [0.29, 0.717) is 5.75 Å². The van der Waals surface area contributed by atoms with Crippen LogP contribution in [0.25, 0.3) is 6.08 Å². The van der Waals surface area contributed by atoms with Crippen molar-refractivity contribution in [2.24, 2.45) is 0 Å². The Bertz CT molecular complexity index is 503. The third-order valence-corrected chi connectivity index (χ3v) is 2.51. The summed E-state index contributed by atoms with van der Waals surface area (Å²) in [5, 5.41) is -1.78. The normalized spacial score (nSPS) is 10.2. The van der Waals surface area contributed by atoms with Crippen LogP contribution in [0.2, 0.25) is 0 Å². The first kappa shape index (κ1) is 14.5. The van der Waals surface area contributed by atoms with Crippen molar-refractivity contribution < 1.29 is 14.3 Å². The van der Waals surface area contributed by atoms with Crippen LogP contribution in [-0.4, -0.2) is 17.6 Å². The molecule has 0 aliphatic rings. The Morgan fingerprint density at radius 1 is 1.17 bits per heavy atom. The Labute approximate surface area is 115 Å². The average Bonchev–Trinajstić information content (AvgIpc) is 2.34. The van der Waals surface area contributed by atoms with Crippen molar-refractivity contribution in [3.05, 3.63) is 47.6 Å². The molecule has 1 aromatic carbocycles. The number of allylic oxidation sites excluding steroid dienone is 3. The van der Waals surface area contributed by atoms with E-state index < -0.39 is 10.5 Å². The lowest BCUT2D eigenvalue weighted by atomic mass is 10.1. The highest BCUT2D eigenvalue weighted by molar-refractivity contribution is 6.79. The number of carbonyl (C=O) groups is 2. The molecule has 3 nitrogen and oxygen atoms in total. The number of hydrogen-bond acceptors (Lipinski definition) is 3. The summed E-state index contributed by atoms with van der Waals surface area (Å²) in [5.74, 6) is 0.679. The third-order valence-electron chi connectivity index (χ3n) is 2.10. The zero-order valence-corrected chi connectivity index (χ0v) is 11.0. The van der Waals surface area contributed by atoms with Crippen LogP contribution in [0.4, 0.5) is 0 Å². The van der Waals surface area contributed by atoms with Crippen molar-refractivity contribution in [2.45, 2.75) is 0 Å². The Hall–Kier alpha value is -1.58. The number of halogens is 2. The highest BCUT2D eigenvalue weighted by atomic mass is 35.5. The minimum Gasteiger partial charge on any atom is -0.496 e. The number of ether oxygens (including phenoxy) is 1. The molecule has 0 saturated heterocycles. The molecular weight excluding hydrogens is 275 g/mol. The van der Waals surface area contributed by atoms with E-state index in [0.717, 1.165) is 5.56 Å². The highest BCUT2D eigenvalue weighted by Crippen LogP contribution is 2.18. The summed E-state index contributed by atoms with van der Waals surface area (Å²) in [5.41, 5.74) is 0.532. The molecule has 0 N–H and O–H groups in total. The van der Waals surface area contributed by atoms with Crippen LogP contribution in [0.3, 0.4) is 0 Å². The van der Waals surface area contributed by atoms with Crippen LogP contribution in [0.15, 0.2) is 42.0 Å². The lowest BCUT2D eigenvalue weighted by Crippen LogP contribution is -2.00. The van der Waals surface area contributed by atoms with Gasteiger partial charge in [0, 0.05) is 5.56 Å². The first-order valence-corrected chi connectivity index (χ1v) is 5.73. The lowest BCUT2D eigenvalue weighted by Gasteiger charge is -2.02. The summed E-state index contributed by atoms with van der Waals surface area (Å²) >= 11 is 10.4. The second-order valence-electron chi connectivity index (χ2n) is 3.23. The molecule has 0 aliphatic heterocycles. The molecule has 5 heteroatoms. The minimum absolute atomic E-state index is 0.274. The van der Waals surface area contributed by atoms with Gasteiger partial charge in [-0.05, 0) is 35.3 Å². The van der Waals surface area contributed by atoms with Gasteiger partial charge in [0.1, 0.15) is 5.75 Å². The van der Waals surface area contributed by atoms with Gasteiger partial charge in [-0.25, -0.2) is 0 Å². The topological polar surface area (TPSA) is 43.4 Å². The average molecular weight is 285 g/mol. The molecule has 0 radical (unpaired) electrons. The van der Waals surface area contributed by atoms with Crippen molar-refractivity contribution in [2.75, 3.05) is 7.11 Å². The summed E-state index contributed by atoms with van der Waals surface area (Å²) in [6.45, 7) is 0. The van der Waals surface area contributed by atoms with Crippen molar-refractivity contribution in [3.63, 3.8) is 0 Å². The fraction of sp³-hybridized carbons (Fsp3) is 0.0769. The summed E-state index contributed by atoms with van der Waals surface area (Å²) in [6, 6.07) is 7.30. The second kappa shape index (κ2) is 6.99. The zero-order chi connectivity index (χ0) is 13.5. The molecule has 0 amide bonds. The second-order valence-corrected chi connectivity index (χ2v) is 3.92. The van der Waals surface area contributed by atoms with Gasteiger partial charge in [-0.2, -0.15) is 0 Å². The maximum Gasteiger partial charge on any atom is 0.257 e. The van der Waals surface area contributed by atoms with E-state index in [1.165, 1.54) is 12.2 Å². The van der Waals surface area contributed by atoms with E-state index in [9.17, 15) is 9.59 Å². The molecule has 0 fully saturated rings. The molecule has 0 aromatic heterocycles. The van der Waals surface area contributed by atoms with E-state index in [1.807, 2.05) is 18.2 Å². The SMILES string of the molecule is COc1ccccc1/C=C/C=C(C(=O)Cl)C(=O)Cl. The van der Waals surface area contributed by atoms with Crippen LogP contribution < -0.4 is 4.74 Å². The van der Waals surface area contributed by atoms with Gasteiger partial charge >= 0.3 is 0 Å². The van der Waals surface area contributed by atoms with Crippen molar-refractivity contribution in [1.82, 2.24) is 0 Å². The van der Waals surface area contributed by atoms with Crippen LogP contribution in [-0.2, 0) is 9.59 Å². The number of para-hydroxylation sites is 1. The van der Waals surface area contributed by atoms with Gasteiger partial charge in [0.15, 0.2) is 0 Å². The van der Waals surface area contributed by atoms with Crippen LogP contribution in [0.1, 0.15) is 5.56 Å². The largest absolute Gasteiger partial charge is 0.496 e. The molecule has 18 heavy (non-hydrogen) atoms. The van der Waals surface area contributed by atoms with E-state index in [4.69, 9.17) is 27.9 Å². The molecule has 1 rings (SSSR count). The molecule has 0 aliphatic carbocycles. The van der Waals surface area contributed by atoms with Gasteiger partial charge in [-0.3, -0.25) is 9.59 Å². The molecule has 0 atom stereocenters. The van der Waals surface area contributed by atoms with Crippen LogP contribution >= 0.6 is 23.2 Å². The Morgan fingerprint density at radius 3 is 2.33 bits per heavy atom. The predicted molar refractivity (Wildman–Crippen MR) is 71.8 cm³/mol. The van der Waals surface area contributed by atoms with E-state index in [1.54, 1.807) is 19.3 Å². The fourth-order valence-electron chi connectivity index (χ4n) is 1.26. The smallest absolute Gasteiger partial charge is 0.257 e. The number of rotatable bonds is 5. The Morgan fingerprint density at radius 2 is 1.78 bits per heavy atom. The van der Waals surface area contributed by atoms with Gasteiger partial charge in [0.25, 0.3) is 10.5 Å². The third kappa shape index (κ3) is 4.02. The van der Waals surface area contributed by atoms with E-state index in [-0.39, 0.29) is 5.57 Å². The van der Waals surface area contributed by atoms with Crippen LogP contribution in [0, 0.1) is 0 Å². The number of benzene rings is 1. The summed E-state index contributed by atoms with van der Waals surface area (Å²) in [6.07, 6.45) is 4.45. The number of hydrogen-bond donors (Lipinski definition) is 0. The van der Waals surface area contributed by atoms with Gasteiger partial charge in [-0.1, -0.05) is 30.4 Å². The Kier molecular flexibility index (Phi) is 5.62. The summed E-state index contributed by atoms with van der Waals surface area (Å²) < 4.78 is 5.14. The first-order valence-electron chi connectivity index (χ1n) is 4.97. The van der Waals surface area contributed by atoms with Gasteiger partial charge < -0.3 is 4.74 Å². The first-order chi connectivity index (χ1) is 8.56. The predicted octanol–water partition coefficient (Wildman–Crippen LogP) is 3.17. The highest BCUT2D eigenvalue weighted by Gasteiger charge is 2.11. The summed E-state index contributed by atoms with van der Waals surface area (Å²) in [4.78, 5) is 21.8. The standard InChI is InChI=1S/C13H10Cl2O3/c1-18-11-8-3-2-5-9(11)6-4-7-10(12(14)16)13(15)17/h2-8H,1H3/b6-4+. The molecule has 0 saturated carbocycles. The molecule has 0 bridgehead atoms. The quantitative estimate of drug-likeness (QED) is 0.274. The maximum absolute atomic E-state index is 10.9. The van der Waals surface area contributed by atoms with E-state index >= 15 is 0 Å². The van der Waals surface area contributed by atoms with Gasteiger partial charge in [-0.15, -0.1) is 0 Å². The zero-order valence-electron chi connectivity index (χ0n) is 9.52. The molecule has 0 spiro atoms. The molecule has 0 heterocycles. The number of methoxy groups -OCH3 is 1. The van der Waals surface area contributed by atoms with Gasteiger partial charge in [0.05, 0.1) is 12.7 Å². The Balaban J connectivity index is 2.96. The van der Waals surface area contributed by atoms with Crippen molar-refractivity contribution in [1.29, 1.82) is 0 Å². The van der Waals surface area contributed by atoms with E-state index in [2.05, 4.69) is 0 Å². The van der Waals surface area contributed by atoms with Crippen LogP contribution in [0.5, 0.6) is 5.75 Å². The minimum atomic E-state index is -0.889. The molecule has 1 aromatic rings. The monoisotopic (exact) mass is 284 g/mol. The maximum atomic E-state index is 10.9. The molecule has 94 valence electrons. The fourth-order valence-corrected chi connectivity index (χ4v) is 1.61. The molecular formula is C13H10Cl2O3. The molecule has 0 unspecified atom stereocenters.